The Morgan fingerprint density at radius 1 is 1.33 bits per heavy atom. The lowest BCUT2D eigenvalue weighted by Crippen LogP contribution is -2.22. The molecule has 24 heavy (non-hydrogen) atoms. The molecular formula is C15H14N4O5. The van der Waals surface area contributed by atoms with E-state index in [0.29, 0.717) is 16.6 Å². The molecule has 0 fully saturated rings. The van der Waals surface area contributed by atoms with Crippen molar-refractivity contribution < 1.29 is 24.5 Å². The zero-order chi connectivity index (χ0) is 16.8. The third-order valence-corrected chi connectivity index (χ3v) is 3.99. The minimum absolute atomic E-state index is 0.0822. The summed E-state index contributed by atoms with van der Waals surface area (Å²) in [6, 6.07) is 1.76. The van der Waals surface area contributed by atoms with Gasteiger partial charge < -0.3 is 30.2 Å². The predicted octanol–water partition coefficient (Wildman–Crippen LogP) is 0.925. The standard InChI is InChI=1S/C15H14N4O5/c16-13-10-8(7-1-2-23-5-7)3-19(14(10)18-6-17-13)15-12(22)11(21)9(4-20)24-15/h1-3,5-6,12,15,20-22H,4H2,(H2,16,17,18)/t12?,15-/m1/s1. The van der Waals surface area contributed by atoms with Crippen LogP contribution >= 0.6 is 0 Å². The quantitative estimate of drug-likeness (QED) is 0.556. The molecule has 5 N–H and O–H groups in total. The first-order valence-corrected chi connectivity index (χ1v) is 7.13. The van der Waals surface area contributed by atoms with Gasteiger partial charge in [-0.2, -0.15) is 0 Å². The fourth-order valence-electron chi connectivity index (χ4n) is 2.84. The number of furan rings is 1. The molecule has 0 amide bonds. The third-order valence-electron chi connectivity index (χ3n) is 3.99. The van der Waals surface area contributed by atoms with Gasteiger partial charge in [-0.25, -0.2) is 9.97 Å². The molecule has 0 radical (unpaired) electrons. The van der Waals surface area contributed by atoms with Crippen molar-refractivity contribution in [2.75, 3.05) is 12.3 Å². The predicted molar refractivity (Wildman–Crippen MR) is 82.5 cm³/mol. The van der Waals surface area contributed by atoms with E-state index in [4.69, 9.17) is 14.9 Å². The number of anilines is 1. The van der Waals surface area contributed by atoms with Gasteiger partial charge in [0.15, 0.2) is 17.6 Å². The van der Waals surface area contributed by atoms with Crippen LogP contribution in [0.2, 0.25) is 0 Å². The van der Waals surface area contributed by atoms with E-state index in [2.05, 4.69) is 9.97 Å². The first kappa shape index (κ1) is 14.5. The van der Waals surface area contributed by atoms with Crippen molar-refractivity contribution in [3.63, 3.8) is 0 Å². The number of hydrogen-bond donors (Lipinski definition) is 4. The summed E-state index contributed by atoms with van der Waals surface area (Å²) in [5.74, 6) is -0.223. The molecule has 3 aromatic heterocycles. The number of nitrogens with two attached hydrogens (primary N) is 1. The Kier molecular flexibility index (Phi) is 3.18. The van der Waals surface area contributed by atoms with Crippen LogP contribution in [0.25, 0.3) is 22.2 Å². The average Bonchev–Trinajstić information content (AvgIpc) is 3.28. The molecule has 0 spiro atoms. The van der Waals surface area contributed by atoms with Gasteiger partial charge in [0.2, 0.25) is 6.23 Å². The average molecular weight is 330 g/mol. The lowest BCUT2D eigenvalue weighted by atomic mass is 10.1. The highest BCUT2D eigenvalue weighted by Crippen LogP contribution is 2.38. The molecule has 0 aromatic carbocycles. The Bertz CT molecular complexity index is 931. The zero-order valence-corrected chi connectivity index (χ0v) is 12.3. The van der Waals surface area contributed by atoms with E-state index in [-0.39, 0.29) is 11.6 Å². The largest absolute Gasteiger partial charge is 0.506 e. The van der Waals surface area contributed by atoms with Gasteiger partial charge in [-0.3, -0.25) is 4.57 Å². The number of nitrogens with zero attached hydrogens (tertiary/aromatic N) is 3. The maximum atomic E-state index is 10.2. The van der Waals surface area contributed by atoms with Gasteiger partial charge in [-0.1, -0.05) is 0 Å². The molecule has 9 nitrogen and oxygen atoms in total. The summed E-state index contributed by atoms with van der Waals surface area (Å²) in [7, 11) is 0. The highest BCUT2D eigenvalue weighted by Gasteiger charge is 2.38. The molecule has 0 bridgehead atoms. The maximum Gasteiger partial charge on any atom is 0.210 e. The van der Waals surface area contributed by atoms with Crippen molar-refractivity contribution >= 4 is 16.9 Å². The molecule has 0 saturated heterocycles. The van der Waals surface area contributed by atoms with Crippen molar-refractivity contribution in [3.8, 4) is 11.1 Å². The van der Waals surface area contributed by atoms with Crippen LogP contribution in [0.3, 0.4) is 0 Å². The number of nitrogen functional groups attached to an aromatic ring is 1. The van der Waals surface area contributed by atoms with Crippen LogP contribution < -0.4 is 5.73 Å². The highest BCUT2D eigenvalue weighted by atomic mass is 16.5. The van der Waals surface area contributed by atoms with Crippen LogP contribution in [-0.2, 0) is 4.74 Å². The number of fused-ring (bicyclic) bond motifs is 1. The van der Waals surface area contributed by atoms with Crippen LogP contribution in [0.5, 0.6) is 0 Å². The zero-order valence-electron chi connectivity index (χ0n) is 12.3. The number of ether oxygens (including phenoxy) is 1. The Balaban J connectivity index is 1.91. The monoisotopic (exact) mass is 330 g/mol. The Morgan fingerprint density at radius 2 is 2.17 bits per heavy atom. The van der Waals surface area contributed by atoms with Gasteiger partial charge in [0.1, 0.15) is 24.4 Å². The van der Waals surface area contributed by atoms with E-state index >= 15 is 0 Å². The minimum atomic E-state index is -1.34. The van der Waals surface area contributed by atoms with Gasteiger partial charge in [-0.15, -0.1) is 0 Å². The van der Waals surface area contributed by atoms with Crippen LogP contribution in [0.15, 0.2) is 47.1 Å². The van der Waals surface area contributed by atoms with Crippen molar-refractivity contribution in [1.82, 2.24) is 14.5 Å². The summed E-state index contributed by atoms with van der Waals surface area (Å²) in [6.07, 6.45) is 3.74. The van der Waals surface area contributed by atoms with Gasteiger partial charge >= 0.3 is 0 Å². The van der Waals surface area contributed by atoms with Crippen LogP contribution in [0, 0.1) is 0 Å². The summed E-state index contributed by atoms with van der Waals surface area (Å²) < 4.78 is 12.1. The normalized spacial score (nSPS) is 20.8. The highest BCUT2D eigenvalue weighted by molar-refractivity contribution is 6.00. The molecule has 4 rings (SSSR count). The number of aliphatic hydroxyl groups is 3. The molecular weight excluding hydrogens is 316 g/mol. The number of aromatic nitrogens is 3. The summed E-state index contributed by atoms with van der Waals surface area (Å²) in [4.78, 5) is 8.22. The van der Waals surface area contributed by atoms with E-state index < -0.39 is 24.7 Å². The van der Waals surface area contributed by atoms with E-state index in [0.717, 1.165) is 5.56 Å². The molecule has 0 aliphatic carbocycles. The summed E-state index contributed by atoms with van der Waals surface area (Å²) in [5, 5.41) is 29.9. The van der Waals surface area contributed by atoms with Crippen molar-refractivity contribution in [1.29, 1.82) is 0 Å². The molecule has 9 heteroatoms. The van der Waals surface area contributed by atoms with Gasteiger partial charge in [0.05, 0.1) is 17.9 Å². The Morgan fingerprint density at radius 3 is 2.83 bits per heavy atom. The molecule has 4 heterocycles. The van der Waals surface area contributed by atoms with Gasteiger partial charge in [0.25, 0.3) is 0 Å². The van der Waals surface area contributed by atoms with E-state index in [1.807, 2.05) is 0 Å². The molecule has 1 aliphatic rings. The Hall–Kier alpha value is -3.04. The lowest BCUT2D eigenvalue weighted by molar-refractivity contribution is -0.0116. The number of aliphatic hydroxyl groups excluding tert-OH is 3. The topological polar surface area (TPSA) is 140 Å². The SMILES string of the molecule is Nc1ncnc2c1c(-c1ccoc1)cn2[C@@H]1OC(CO)=C(O)C1O. The summed E-state index contributed by atoms with van der Waals surface area (Å²) >= 11 is 0. The van der Waals surface area contributed by atoms with Crippen LogP contribution in [-0.4, -0.2) is 42.6 Å². The third kappa shape index (κ3) is 1.95. The second-order valence-electron chi connectivity index (χ2n) is 5.34. The minimum Gasteiger partial charge on any atom is -0.506 e. The van der Waals surface area contributed by atoms with E-state index in [1.54, 1.807) is 23.1 Å². The smallest absolute Gasteiger partial charge is 0.210 e. The number of rotatable bonds is 3. The molecule has 124 valence electrons. The number of hydrogen-bond acceptors (Lipinski definition) is 8. The van der Waals surface area contributed by atoms with Gasteiger partial charge in [0, 0.05) is 17.3 Å². The fraction of sp³-hybridized carbons (Fsp3) is 0.200. The molecule has 1 aliphatic heterocycles. The fourth-order valence-corrected chi connectivity index (χ4v) is 2.84. The first-order valence-electron chi connectivity index (χ1n) is 7.13. The van der Waals surface area contributed by atoms with E-state index in [1.165, 1.54) is 12.6 Å². The molecule has 3 aromatic rings. The second kappa shape index (κ2) is 5.25. The Labute approximate surface area is 135 Å². The van der Waals surface area contributed by atoms with Crippen LogP contribution in [0.1, 0.15) is 6.23 Å². The van der Waals surface area contributed by atoms with Gasteiger partial charge in [-0.05, 0) is 6.07 Å². The maximum absolute atomic E-state index is 10.2. The first-order chi connectivity index (χ1) is 11.6. The van der Waals surface area contributed by atoms with Crippen LogP contribution in [0.4, 0.5) is 5.82 Å². The summed E-state index contributed by atoms with van der Waals surface area (Å²) in [5.41, 5.74) is 7.87. The lowest BCUT2D eigenvalue weighted by Gasteiger charge is -2.17. The molecule has 1 unspecified atom stereocenters. The van der Waals surface area contributed by atoms with Crippen molar-refractivity contribution in [3.05, 3.63) is 42.6 Å². The van der Waals surface area contributed by atoms with Crippen molar-refractivity contribution in [2.45, 2.75) is 12.3 Å². The van der Waals surface area contributed by atoms with E-state index in [9.17, 15) is 15.3 Å². The molecule has 0 saturated carbocycles. The second-order valence-corrected chi connectivity index (χ2v) is 5.34. The van der Waals surface area contributed by atoms with Crippen molar-refractivity contribution in [2.24, 2.45) is 0 Å². The molecule has 2 atom stereocenters. The summed E-state index contributed by atoms with van der Waals surface area (Å²) in [6.45, 7) is -0.524.